The van der Waals surface area contributed by atoms with Crippen LogP contribution in [-0.4, -0.2) is 15.9 Å². The molecule has 2 aromatic rings. The molecule has 0 radical (unpaired) electrons. The average molecular weight is 231 g/mol. The van der Waals surface area contributed by atoms with Crippen LogP contribution in [0, 0.1) is 5.92 Å². The van der Waals surface area contributed by atoms with Gasteiger partial charge in [-0.25, -0.2) is 4.98 Å². The van der Waals surface area contributed by atoms with Gasteiger partial charge in [-0.1, -0.05) is 32.4 Å². The summed E-state index contributed by atoms with van der Waals surface area (Å²) in [4.78, 5) is 19.2. The molecule has 2 N–H and O–H groups in total. The van der Waals surface area contributed by atoms with Crippen LogP contribution in [0.25, 0.3) is 11.0 Å². The number of aromatic amines is 1. The second kappa shape index (κ2) is 4.99. The van der Waals surface area contributed by atoms with Gasteiger partial charge in [-0.15, -0.1) is 0 Å². The maximum Gasteiger partial charge on any atom is 0.229 e. The predicted molar refractivity (Wildman–Crippen MR) is 68.8 cm³/mol. The van der Waals surface area contributed by atoms with Crippen molar-refractivity contribution in [2.45, 2.75) is 26.7 Å². The number of amides is 1. The van der Waals surface area contributed by atoms with Crippen molar-refractivity contribution in [1.82, 2.24) is 9.97 Å². The van der Waals surface area contributed by atoms with Crippen molar-refractivity contribution in [3.05, 3.63) is 24.3 Å². The molecule has 4 heteroatoms. The SMILES string of the molecule is CCC[C@@H](C)C(=O)Nc1nc2ccccc2[nH]1. The van der Waals surface area contributed by atoms with Gasteiger partial charge < -0.3 is 4.98 Å². The molecular formula is C13H17N3O. The van der Waals surface area contributed by atoms with Crippen LogP contribution in [0.5, 0.6) is 0 Å². The van der Waals surface area contributed by atoms with E-state index >= 15 is 0 Å². The Bertz CT molecular complexity index is 485. The third-order valence-corrected chi connectivity index (χ3v) is 2.80. The van der Waals surface area contributed by atoms with Gasteiger partial charge in [0.25, 0.3) is 0 Å². The molecule has 1 amide bonds. The van der Waals surface area contributed by atoms with Gasteiger partial charge in [0.2, 0.25) is 11.9 Å². The van der Waals surface area contributed by atoms with Gasteiger partial charge in [0.15, 0.2) is 0 Å². The monoisotopic (exact) mass is 231 g/mol. The minimum absolute atomic E-state index is 0.0194. The second-order valence-electron chi connectivity index (χ2n) is 4.28. The number of nitrogens with zero attached hydrogens (tertiary/aromatic N) is 1. The smallest absolute Gasteiger partial charge is 0.229 e. The van der Waals surface area contributed by atoms with Crippen molar-refractivity contribution in [3.63, 3.8) is 0 Å². The summed E-state index contributed by atoms with van der Waals surface area (Å²) in [6.07, 6.45) is 1.90. The molecule has 4 nitrogen and oxygen atoms in total. The van der Waals surface area contributed by atoms with Gasteiger partial charge >= 0.3 is 0 Å². The first-order valence-electron chi connectivity index (χ1n) is 5.96. The summed E-state index contributed by atoms with van der Waals surface area (Å²) >= 11 is 0. The summed E-state index contributed by atoms with van der Waals surface area (Å²) in [7, 11) is 0. The molecule has 90 valence electrons. The summed E-state index contributed by atoms with van der Waals surface area (Å²) < 4.78 is 0. The number of para-hydroxylation sites is 2. The van der Waals surface area contributed by atoms with Crippen LogP contribution < -0.4 is 5.32 Å². The predicted octanol–water partition coefficient (Wildman–Crippen LogP) is 2.94. The first kappa shape index (κ1) is 11.6. The van der Waals surface area contributed by atoms with Crippen LogP contribution in [0.1, 0.15) is 26.7 Å². The fourth-order valence-electron chi connectivity index (χ4n) is 1.82. The number of H-pyrrole nitrogens is 1. The molecule has 0 bridgehead atoms. The van der Waals surface area contributed by atoms with Crippen LogP contribution in [-0.2, 0) is 4.79 Å². The molecule has 1 aromatic heterocycles. The average Bonchev–Trinajstić information content (AvgIpc) is 2.71. The fourth-order valence-corrected chi connectivity index (χ4v) is 1.82. The molecule has 1 aromatic carbocycles. The van der Waals surface area contributed by atoms with E-state index in [2.05, 4.69) is 22.2 Å². The van der Waals surface area contributed by atoms with Crippen molar-refractivity contribution in [2.24, 2.45) is 5.92 Å². The molecule has 0 aliphatic rings. The van der Waals surface area contributed by atoms with Gasteiger partial charge in [0.1, 0.15) is 0 Å². The van der Waals surface area contributed by atoms with E-state index < -0.39 is 0 Å². The van der Waals surface area contributed by atoms with Crippen LogP contribution in [0.15, 0.2) is 24.3 Å². The van der Waals surface area contributed by atoms with Gasteiger partial charge in [-0.05, 0) is 18.6 Å². The zero-order valence-electron chi connectivity index (χ0n) is 10.2. The van der Waals surface area contributed by atoms with E-state index in [0.29, 0.717) is 5.95 Å². The Kier molecular flexibility index (Phi) is 3.42. The Hall–Kier alpha value is -1.84. The number of aromatic nitrogens is 2. The highest BCUT2D eigenvalue weighted by atomic mass is 16.2. The van der Waals surface area contributed by atoms with Crippen molar-refractivity contribution in [1.29, 1.82) is 0 Å². The van der Waals surface area contributed by atoms with Crippen molar-refractivity contribution >= 4 is 22.9 Å². The summed E-state index contributed by atoms with van der Waals surface area (Å²) in [6.45, 7) is 4.01. The first-order valence-corrected chi connectivity index (χ1v) is 5.96. The molecule has 1 heterocycles. The van der Waals surface area contributed by atoms with Crippen molar-refractivity contribution in [2.75, 3.05) is 5.32 Å². The molecule has 17 heavy (non-hydrogen) atoms. The lowest BCUT2D eigenvalue weighted by Crippen LogP contribution is -2.20. The van der Waals surface area contributed by atoms with E-state index in [1.165, 1.54) is 0 Å². The molecule has 0 saturated heterocycles. The molecule has 0 aliphatic carbocycles. The lowest BCUT2D eigenvalue weighted by Gasteiger charge is -2.08. The maximum absolute atomic E-state index is 11.8. The third kappa shape index (κ3) is 2.64. The zero-order chi connectivity index (χ0) is 12.3. The van der Waals surface area contributed by atoms with E-state index in [1.54, 1.807) is 0 Å². The number of nitrogens with one attached hydrogen (secondary N) is 2. The minimum Gasteiger partial charge on any atom is -0.324 e. The Morgan fingerprint density at radius 2 is 2.24 bits per heavy atom. The van der Waals surface area contributed by atoms with E-state index in [0.717, 1.165) is 23.9 Å². The number of hydrogen-bond acceptors (Lipinski definition) is 2. The molecule has 0 fully saturated rings. The van der Waals surface area contributed by atoms with Crippen LogP contribution in [0.3, 0.4) is 0 Å². The summed E-state index contributed by atoms with van der Waals surface area (Å²) in [5, 5.41) is 2.81. The first-order chi connectivity index (χ1) is 8.20. The number of hydrogen-bond donors (Lipinski definition) is 2. The van der Waals surface area contributed by atoms with E-state index in [-0.39, 0.29) is 11.8 Å². The van der Waals surface area contributed by atoms with Crippen LogP contribution in [0.2, 0.25) is 0 Å². The number of imidazole rings is 1. The number of fused-ring (bicyclic) bond motifs is 1. The van der Waals surface area contributed by atoms with Gasteiger partial charge in [-0.2, -0.15) is 0 Å². The van der Waals surface area contributed by atoms with Crippen LogP contribution >= 0.6 is 0 Å². The van der Waals surface area contributed by atoms with Gasteiger partial charge in [0.05, 0.1) is 11.0 Å². The number of rotatable bonds is 4. The number of carbonyl (C=O) groups excluding carboxylic acids is 1. The number of carbonyl (C=O) groups is 1. The summed E-state index contributed by atoms with van der Waals surface area (Å²) in [6, 6.07) is 7.71. The molecule has 0 unspecified atom stereocenters. The standard InChI is InChI=1S/C13H17N3O/c1-3-6-9(2)12(17)16-13-14-10-7-4-5-8-11(10)15-13/h4-5,7-9H,3,6H2,1-2H3,(H2,14,15,16,17)/t9-/m1/s1. The highest BCUT2D eigenvalue weighted by Crippen LogP contribution is 2.14. The lowest BCUT2D eigenvalue weighted by molar-refractivity contribution is -0.119. The Morgan fingerprint density at radius 3 is 2.94 bits per heavy atom. The molecule has 0 saturated carbocycles. The van der Waals surface area contributed by atoms with Gasteiger partial charge in [-0.3, -0.25) is 10.1 Å². The Labute approximate surface area is 100 Å². The normalized spacial score (nSPS) is 12.6. The Balaban J connectivity index is 2.10. The summed E-state index contributed by atoms with van der Waals surface area (Å²) in [5.41, 5.74) is 1.80. The lowest BCUT2D eigenvalue weighted by atomic mass is 10.1. The molecular weight excluding hydrogens is 214 g/mol. The van der Waals surface area contributed by atoms with Crippen molar-refractivity contribution < 1.29 is 4.79 Å². The fraction of sp³-hybridized carbons (Fsp3) is 0.385. The largest absolute Gasteiger partial charge is 0.324 e. The third-order valence-electron chi connectivity index (χ3n) is 2.80. The van der Waals surface area contributed by atoms with Crippen LogP contribution in [0.4, 0.5) is 5.95 Å². The molecule has 2 rings (SSSR count). The Morgan fingerprint density at radius 1 is 1.47 bits per heavy atom. The van der Waals surface area contributed by atoms with Crippen molar-refractivity contribution in [3.8, 4) is 0 Å². The van der Waals surface area contributed by atoms with Gasteiger partial charge in [0, 0.05) is 5.92 Å². The highest BCUT2D eigenvalue weighted by Gasteiger charge is 2.13. The quantitative estimate of drug-likeness (QED) is 0.850. The second-order valence-corrected chi connectivity index (χ2v) is 4.28. The number of anilines is 1. The topological polar surface area (TPSA) is 57.8 Å². The van der Waals surface area contributed by atoms with E-state index in [9.17, 15) is 4.79 Å². The van der Waals surface area contributed by atoms with E-state index in [4.69, 9.17) is 0 Å². The molecule has 1 atom stereocenters. The summed E-state index contributed by atoms with van der Waals surface area (Å²) in [5.74, 6) is 0.568. The highest BCUT2D eigenvalue weighted by molar-refractivity contribution is 5.92. The van der Waals surface area contributed by atoms with E-state index in [1.807, 2.05) is 31.2 Å². The minimum atomic E-state index is 0.0194. The number of benzene rings is 1. The molecule has 0 aliphatic heterocycles. The molecule has 0 spiro atoms. The maximum atomic E-state index is 11.8. The zero-order valence-corrected chi connectivity index (χ0v) is 10.2.